The van der Waals surface area contributed by atoms with E-state index in [4.69, 9.17) is 4.52 Å². The highest BCUT2D eigenvalue weighted by Crippen LogP contribution is 2.20. The normalized spacial score (nSPS) is 10.1. The van der Waals surface area contributed by atoms with E-state index >= 15 is 0 Å². The molecule has 0 saturated heterocycles. The van der Waals surface area contributed by atoms with Crippen LogP contribution in [0.25, 0.3) is 0 Å². The van der Waals surface area contributed by atoms with Crippen LogP contribution in [0, 0.1) is 6.92 Å². The number of aromatic nitrogens is 1. The van der Waals surface area contributed by atoms with Crippen molar-refractivity contribution >= 4 is 11.6 Å². The van der Waals surface area contributed by atoms with Gasteiger partial charge in [-0.15, -0.1) is 0 Å². The standard InChI is InChI=1S/C9H14N2O2/c1-4-7-9(6(3)11-13-7)10-8(12)5-2/h4-5H2,1-3H3,(H,10,12). The van der Waals surface area contributed by atoms with Crippen LogP contribution in [-0.4, -0.2) is 11.1 Å². The number of nitrogens with zero attached hydrogens (tertiary/aromatic N) is 1. The van der Waals surface area contributed by atoms with Crippen molar-refractivity contribution < 1.29 is 9.32 Å². The summed E-state index contributed by atoms with van der Waals surface area (Å²) in [6.45, 7) is 5.58. The molecule has 1 rings (SSSR count). The predicted octanol–water partition coefficient (Wildman–Crippen LogP) is 1.89. The van der Waals surface area contributed by atoms with Gasteiger partial charge in [0.2, 0.25) is 5.91 Å². The zero-order valence-electron chi connectivity index (χ0n) is 8.18. The average Bonchev–Trinajstić information content (AvgIpc) is 2.48. The first-order valence-electron chi connectivity index (χ1n) is 4.44. The minimum absolute atomic E-state index is 0.0130. The summed E-state index contributed by atoms with van der Waals surface area (Å²) in [6, 6.07) is 0. The van der Waals surface area contributed by atoms with E-state index < -0.39 is 0 Å². The van der Waals surface area contributed by atoms with Crippen molar-refractivity contribution in [1.82, 2.24) is 5.16 Å². The van der Waals surface area contributed by atoms with Gasteiger partial charge in [0, 0.05) is 12.8 Å². The molecular formula is C9H14N2O2. The molecule has 0 bridgehead atoms. The van der Waals surface area contributed by atoms with E-state index in [1.807, 2.05) is 20.8 Å². The second-order valence-electron chi connectivity index (χ2n) is 2.82. The molecule has 0 aromatic carbocycles. The summed E-state index contributed by atoms with van der Waals surface area (Å²) in [7, 11) is 0. The van der Waals surface area contributed by atoms with Gasteiger partial charge in [-0.05, 0) is 6.92 Å². The van der Waals surface area contributed by atoms with Crippen molar-refractivity contribution in [2.24, 2.45) is 0 Å². The van der Waals surface area contributed by atoms with Gasteiger partial charge in [0.05, 0.1) is 0 Å². The minimum Gasteiger partial charge on any atom is -0.359 e. The summed E-state index contributed by atoms with van der Waals surface area (Å²) in [6.07, 6.45) is 1.20. The fourth-order valence-corrected chi connectivity index (χ4v) is 1.05. The second-order valence-corrected chi connectivity index (χ2v) is 2.82. The Morgan fingerprint density at radius 1 is 1.54 bits per heavy atom. The highest BCUT2D eigenvalue weighted by Gasteiger charge is 2.12. The van der Waals surface area contributed by atoms with E-state index in [-0.39, 0.29) is 5.91 Å². The van der Waals surface area contributed by atoms with Gasteiger partial charge in [0.1, 0.15) is 11.4 Å². The molecule has 1 aromatic heterocycles. The van der Waals surface area contributed by atoms with Crippen LogP contribution in [0.15, 0.2) is 4.52 Å². The number of aryl methyl sites for hydroxylation is 2. The molecule has 0 unspecified atom stereocenters. The molecule has 0 spiro atoms. The Labute approximate surface area is 77.3 Å². The third-order valence-corrected chi connectivity index (χ3v) is 1.84. The fourth-order valence-electron chi connectivity index (χ4n) is 1.05. The topological polar surface area (TPSA) is 55.1 Å². The smallest absolute Gasteiger partial charge is 0.224 e. The lowest BCUT2D eigenvalue weighted by Gasteiger charge is -2.01. The largest absolute Gasteiger partial charge is 0.359 e. The Balaban J connectivity index is 2.85. The number of amides is 1. The summed E-state index contributed by atoms with van der Waals surface area (Å²) >= 11 is 0. The Bertz CT molecular complexity index is 305. The summed E-state index contributed by atoms with van der Waals surface area (Å²) in [4.78, 5) is 11.1. The molecule has 72 valence electrons. The van der Waals surface area contributed by atoms with Crippen molar-refractivity contribution in [1.29, 1.82) is 0 Å². The molecule has 0 atom stereocenters. The third-order valence-electron chi connectivity index (χ3n) is 1.84. The van der Waals surface area contributed by atoms with Gasteiger partial charge >= 0.3 is 0 Å². The van der Waals surface area contributed by atoms with Crippen LogP contribution in [0.2, 0.25) is 0 Å². The van der Waals surface area contributed by atoms with Crippen molar-refractivity contribution in [3.05, 3.63) is 11.5 Å². The average molecular weight is 182 g/mol. The maximum Gasteiger partial charge on any atom is 0.224 e. The number of rotatable bonds is 3. The first-order chi connectivity index (χ1) is 6.19. The Morgan fingerprint density at radius 3 is 2.77 bits per heavy atom. The van der Waals surface area contributed by atoms with Crippen molar-refractivity contribution in [2.45, 2.75) is 33.6 Å². The molecule has 13 heavy (non-hydrogen) atoms. The molecule has 0 aliphatic rings. The lowest BCUT2D eigenvalue weighted by Crippen LogP contribution is -2.10. The van der Waals surface area contributed by atoms with E-state index in [9.17, 15) is 4.79 Å². The molecule has 1 amide bonds. The van der Waals surface area contributed by atoms with Crippen molar-refractivity contribution in [2.75, 3.05) is 5.32 Å². The highest BCUT2D eigenvalue weighted by molar-refractivity contribution is 5.91. The Hall–Kier alpha value is -1.32. The van der Waals surface area contributed by atoms with Gasteiger partial charge in [-0.2, -0.15) is 0 Å². The summed E-state index contributed by atoms with van der Waals surface area (Å²) in [5, 5.41) is 6.55. The van der Waals surface area contributed by atoms with E-state index in [1.54, 1.807) is 0 Å². The van der Waals surface area contributed by atoms with Crippen LogP contribution in [-0.2, 0) is 11.2 Å². The highest BCUT2D eigenvalue weighted by atomic mass is 16.5. The van der Waals surface area contributed by atoms with E-state index in [0.29, 0.717) is 6.42 Å². The number of nitrogens with one attached hydrogen (secondary N) is 1. The second kappa shape index (κ2) is 4.07. The van der Waals surface area contributed by atoms with Gasteiger partial charge in [0.15, 0.2) is 5.76 Å². The summed E-state index contributed by atoms with van der Waals surface area (Å²) in [5.74, 6) is 0.723. The van der Waals surface area contributed by atoms with Gasteiger partial charge in [-0.25, -0.2) is 0 Å². The van der Waals surface area contributed by atoms with Crippen LogP contribution >= 0.6 is 0 Å². The maximum absolute atomic E-state index is 11.1. The van der Waals surface area contributed by atoms with Crippen molar-refractivity contribution in [3.63, 3.8) is 0 Å². The number of hydrogen-bond acceptors (Lipinski definition) is 3. The Kier molecular flexibility index (Phi) is 3.06. The first kappa shape index (κ1) is 9.77. The van der Waals surface area contributed by atoms with Gasteiger partial charge in [-0.1, -0.05) is 19.0 Å². The molecule has 1 N–H and O–H groups in total. The van der Waals surface area contributed by atoms with Gasteiger partial charge in [0.25, 0.3) is 0 Å². The summed E-state index contributed by atoms with van der Waals surface area (Å²) in [5.41, 5.74) is 1.47. The molecule has 4 nitrogen and oxygen atoms in total. The van der Waals surface area contributed by atoms with Crippen LogP contribution < -0.4 is 5.32 Å². The number of anilines is 1. The van der Waals surface area contributed by atoms with Gasteiger partial charge < -0.3 is 9.84 Å². The lowest BCUT2D eigenvalue weighted by atomic mass is 10.2. The number of hydrogen-bond donors (Lipinski definition) is 1. The SMILES string of the molecule is CCC(=O)Nc1c(C)noc1CC. The molecule has 1 aromatic rings. The molecule has 1 heterocycles. The minimum atomic E-state index is -0.0130. The third kappa shape index (κ3) is 2.08. The zero-order valence-corrected chi connectivity index (χ0v) is 8.18. The quantitative estimate of drug-likeness (QED) is 0.776. The predicted molar refractivity (Wildman–Crippen MR) is 49.5 cm³/mol. The van der Waals surface area contributed by atoms with E-state index in [0.717, 1.165) is 23.6 Å². The molecule has 0 aliphatic heterocycles. The van der Waals surface area contributed by atoms with Crippen LogP contribution in [0.3, 0.4) is 0 Å². The van der Waals surface area contributed by atoms with Crippen LogP contribution in [0.5, 0.6) is 0 Å². The molecule has 0 fully saturated rings. The lowest BCUT2D eigenvalue weighted by molar-refractivity contribution is -0.115. The molecule has 0 aliphatic carbocycles. The number of carbonyl (C=O) groups is 1. The van der Waals surface area contributed by atoms with Gasteiger partial charge in [-0.3, -0.25) is 4.79 Å². The molecule has 0 radical (unpaired) electrons. The summed E-state index contributed by atoms with van der Waals surface area (Å²) < 4.78 is 5.03. The van der Waals surface area contributed by atoms with Crippen LogP contribution in [0.1, 0.15) is 31.7 Å². The zero-order chi connectivity index (χ0) is 9.84. The molecular weight excluding hydrogens is 168 g/mol. The Morgan fingerprint density at radius 2 is 2.23 bits per heavy atom. The molecule has 4 heteroatoms. The van der Waals surface area contributed by atoms with Crippen molar-refractivity contribution in [3.8, 4) is 0 Å². The van der Waals surface area contributed by atoms with E-state index in [2.05, 4.69) is 10.5 Å². The molecule has 0 saturated carbocycles. The van der Waals surface area contributed by atoms with E-state index in [1.165, 1.54) is 0 Å². The fraction of sp³-hybridized carbons (Fsp3) is 0.556. The first-order valence-corrected chi connectivity index (χ1v) is 4.44. The monoisotopic (exact) mass is 182 g/mol. The number of carbonyl (C=O) groups excluding carboxylic acids is 1. The van der Waals surface area contributed by atoms with Crippen LogP contribution in [0.4, 0.5) is 5.69 Å². The maximum atomic E-state index is 11.1.